The summed E-state index contributed by atoms with van der Waals surface area (Å²) in [4.78, 5) is 0. The Morgan fingerprint density at radius 3 is 2.00 bits per heavy atom. The van der Waals surface area contributed by atoms with Crippen molar-refractivity contribution >= 4 is 7.14 Å². The molecular formula is C16H31OP. The van der Waals surface area contributed by atoms with E-state index in [2.05, 4.69) is 20.4 Å². The summed E-state index contributed by atoms with van der Waals surface area (Å²) in [5.41, 5.74) is 0. The molecule has 0 bridgehead atoms. The fraction of sp³-hybridized carbons (Fsp3) is 0.875. The second kappa shape index (κ2) is 8.20. The largest absolute Gasteiger partial charge is 0.319 e. The zero-order valence-corrected chi connectivity index (χ0v) is 13.3. The van der Waals surface area contributed by atoms with Gasteiger partial charge in [-0.3, -0.25) is 0 Å². The van der Waals surface area contributed by atoms with E-state index in [1.807, 2.05) is 0 Å². The monoisotopic (exact) mass is 270 g/mol. The van der Waals surface area contributed by atoms with Crippen LogP contribution in [0.1, 0.15) is 71.6 Å². The number of hydrogen-bond donors (Lipinski definition) is 0. The molecule has 0 amide bonds. The van der Waals surface area contributed by atoms with E-state index in [1.165, 1.54) is 32.1 Å². The minimum atomic E-state index is -2.11. The summed E-state index contributed by atoms with van der Waals surface area (Å²) < 4.78 is 13.2. The van der Waals surface area contributed by atoms with Crippen LogP contribution in [0.4, 0.5) is 0 Å². The highest BCUT2D eigenvalue weighted by atomic mass is 31.2. The first-order valence-corrected chi connectivity index (χ1v) is 9.99. The first-order chi connectivity index (χ1) is 8.64. The van der Waals surface area contributed by atoms with Gasteiger partial charge in [-0.2, -0.15) is 0 Å². The van der Waals surface area contributed by atoms with Gasteiger partial charge >= 0.3 is 0 Å². The third-order valence-corrected chi connectivity index (χ3v) is 7.83. The highest BCUT2D eigenvalue weighted by molar-refractivity contribution is 7.68. The lowest BCUT2D eigenvalue weighted by molar-refractivity contribution is 0.411. The molecule has 0 radical (unpaired) electrons. The van der Waals surface area contributed by atoms with Crippen LogP contribution in [0.25, 0.3) is 0 Å². The van der Waals surface area contributed by atoms with Crippen molar-refractivity contribution in [2.75, 3.05) is 12.3 Å². The van der Waals surface area contributed by atoms with E-state index in [4.69, 9.17) is 0 Å². The van der Waals surface area contributed by atoms with E-state index in [-0.39, 0.29) is 0 Å². The minimum Gasteiger partial charge on any atom is -0.319 e. The van der Waals surface area contributed by atoms with Crippen molar-refractivity contribution in [3.8, 4) is 0 Å². The van der Waals surface area contributed by atoms with Gasteiger partial charge in [0, 0.05) is 12.3 Å². The van der Waals surface area contributed by atoms with Gasteiger partial charge in [-0.25, -0.2) is 0 Å². The standard InChI is InChI=1S/C16H31OP/c1-4-6-13-18(17,14-7-5-2)15(3)16-11-9-8-10-12-16/h16H,3-14H2,1-2H3. The summed E-state index contributed by atoms with van der Waals surface area (Å²) in [5, 5.41) is 1.16. The molecule has 2 heteroatoms. The lowest BCUT2D eigenvalue weighted by Crippen LogP contribution is -2.11. The van der Waals surface area contributed by atoms with Gasteiger partial charge in [0.15, 0.2) is 0 Å². The Morgan fingerprint density at radius 2 is 1.56 bits per heavy atom. The van der Waals surface area contributed by atoms with E-state index in [1.54, 1.807) is 0 Å². The molecule has 0 unspecified atom stereocenters. The Hall–Kier alpha value is -0.0300. The van der Waals surface area contributed by atoms with Crippen LogP contribution < -0.4 is 0 Å². The second-order valence-corrected chi connectivity index (χ2v) is 9.12. The van der Waals surface area contributed by atoms with Gasteiger partial charge in [-0.15, -0.1) is 0 Å². The normalized spacial score (nSPS) is 17.9. The van der Waals surface area contributed by atoms with Gasteiger partial charge in [-0.05, 0) is 36.9 Å². The molecule has 0 saturated heterocycles. The first kappa shape index (κ1) is 16.0. The molecule has 1 saturated carbocycles. The topological polar surface area (TPSA) is 17.1 Å². The Morgan fingerprint density at radius 1 is 1.06 bits per heavy atom. The molecule has 1 nitrogen and oxygen atoms in total. The van der Waals surface area contributed by atoms with E-state index >= 15 is 0 Å². The number of hydrogen-bond acceptors (Lipinski definition) is 1. The Balaban J connectivity index is 2.67. The van der Waals surface area contributed by atoms with Crippen molar-refractivity contribution in [3.05, 3.63) is 11.9 Å². The van der Waals surface area contributed by atoms with Crippen molar-refractivity contribution in [1.29, 1.82) is 0 Å². The second-order valence-electron chi connectivity index (χ2n) is 5.87. The average Bonchev–Trinajstić information content (AvgIpc) is 2.43. The summed E-state index contributed by atoms with van der Waals surface area (Å²) >= 11 is 0. The zero-order valence-electron chi connectivity index (χ0n) is 12.4. The summed E-state index contributed by atoms with van der Waals surface area (Å²) in [6.07, 6.45) is 12.8. The molecule has 0 spiro atoms. The predicted octanol–water partition coefficient (Wildman–Crippen LogP) is 6.04. The third kappa shape index (κ3) is 4.57. The fourth-order valence-corrected chi connectivity index (χ4v) is 6.37. The van der Waals surface area contributed by atoms with Gasteiger partial charge in [0.25, 0.3) is 0 Å². The SMILES string of the molecule is C=C(C1CCCCC1)P(=O)(CCCC)CCCC. The molecule has 0 atom stereocenters. The van der Waals surface area contributed by atoms with Crippen LogP contribution in [0.3, 0.4) is 0 Å². The molecule has 1 aliphatic rings. The highest BCUT2D eigenvalue weighted by Crippen LogP contribution is 2.59. The van der Waals surface area contributed by atoms with Crippen LogP contribution in [0, 0.1) is 5.92 Å². The maximum absolute atomic E-state index is 13.2. The van der Waals surface area contributed by atoms with Crippen molar-refractivity contribution in [2.24, 2.45) is 5.92 Å². The van der Waals surface area contributed by atoms with Gasteiger partial charge in [0.2, 0.25) is 0 Å². The van der Waals surface area contributed by atoms with E-state index < -0.39 is 7.14 Å². The summed E-state index contributed by atoms with van der Waals surface area (Å²) in [5.74, 6) is 0.568. The van der Waals surface area contributed by atoms with Crippen LogP contribution in [0.2, 0.25) is 0 Å². The van der Waals surface area contributed by atoms with E-state index in [0.29, 0.717) is 5.92 Å². The molecule has 0 heterocycles. The molecule has 0 aromatic heterocycles. The van der Waals surface area contributed by atoms with Crippen LogP contribution in [0.5, 0.6) is 0 Å². The smallest absolute Gasteiger partial charge is 0.111 e. The third-order valence-electron chi connectivity index (χ3n) is 4.35. The maximum Gasteiger partial charge on any atom is 0.111 e. The predicted molar refractivity (Wildman–Crippen MR) is 82.9 cm³/mol. The molecule has 18 heavy (non-hydrogen) atoms. The molecule has 106 valence electrons. The Bertz CT molecular complexity index is 277. The zero-order chi connectivity index (χ0) is 13.4. The van der Waals surface area contributed by atoms with Crippen LogP contribution in [-0.4, -0.2) is 12.3 Å². The highest BCUT2D eigenvalue weighted by Gasteiger charge is 2.30. The molecular weight excluding hydrogens is 239 g/mol. The molecule has 0 aliphatic heterocycles. The Labute approximate surface area is 114 Å². The van der Waals surface area contributed by atoms with Crippen LogP contribution >= 0.6 is 7.14 Å². The van der Waals surface area contributed by atoms with Crippen molar-refractivity contribution < 1.29 is 4.57 Å². The lowest BCUT2D eigenvalue weighted by atomic mass is 9.89. The van der Waals surface area contributed by atoms with Crippen LogP contribution in [-0.2, 0) is 4.57 Å². The van der Waals surface area contributed by atoms with Crippen LogP contribution in [0.15, 0.2) is 11.9 Å². The molecule has 0 aromatic carbocycles. The Kier molecular flexibility index (Phi) is 7.30. The van der Waals surface area contributed by atoms with Crippen molar-refractivity contribution in [1.82, 2.24) is 0 Å². The molecule has 0 aromatic rings. The first-order valence-electron chi connectivity index (χ1n) is 7.91. The molecule has 1 fully saturated rings. The van der Waals surface area contributed by atoms with Gasteiger partial charge in [-0.1, -0.05) is 52.5 Å². The summed E-state index contributed by atoms with van der Waals surface area (Å²) in [6, 6.07) is 0. The number of allylic oxidation sites excluding steroid dienone is 1. The average molecular weight is 270 g/mol. The fourth-order valence-electron chi connectivity index (χ4n) is 2.99. The summed E-state index contributed by atoms with van der Waals surface area (Å²) in [7, 11) is -2.11. The van der Waals surface area contributed by atoms with Gasteiger partial charge in [0.05, 0.1) is 0 Å². The molecule has 1 aliphatic carbocycles. The number of rotatable bonds is 8. The lowest BCUT2D eigenvalue weighted by Gasteiger charge is -2.30. The van der Waals surface area contributed by atoms with Crippen molar-refractivity contribution in [2.45, 2.75) is 71.6 Å². The number of unbranched alkanes of at least 4 members (excludes halogenated alkanes) is 2. The quantitative estimate of drug-likeness (QED) is 0.491. The van der Waals surface area contributed by atoms with Gasteiger partial charge < -0.3 is 4.57 Å². The van der Waals surface area contributed by atoms with E-state index in [0.717, 1.165) is 43.3 Å². The molecule has 0 N–H and O–H groups in total. The minimum absolute atomic E-state index is 0.568. The van der Waals surface area contributed by atoms with Crippen molar-refractivity contribution in [3.63, 3.8) is 0 Å². The molecule has 1 rings (SSSR count). The maximum atomic E-state index is 13.2. The van der Waals surface area contributed by atoms with E-state index in [9.17, 15) is 4.57 Å². The summed E-state index contributed by atoms with van der Waals surface area (Å²) in [6.45, 7) is 8.67. The van der Waals surface area contributed by atoms with Gasteiger partial charge in [0.1, 0.15) is 7.14 Å².